The zero-order valence-corrected chi connectivity index (χ0v) is 14.2. The molecule has 130 valence electrons. The van der Waals surface area contributed by atoms with Gasteiger partial charge in [-0.1, -0.05) is 13.0 Å². The van der Waals surface area contributed by atoms with Crippen molar-refractivity contribution in [3.8, 4) is 0 Å². The Hall–Kier alpha value is -2.21. The van der Waals surface area contributed by atoms with E-state index < -0.39 is 23.5 Å². The Morgan fingerprint density at radius 2 is 1.88 bits per heavy atom. The maximum atomic E-state index is 13.5. The van der Waals surface area contributed by atoms with Crippen molar-refractivity contribution in [2.45, 2.75) is 52.6 Å². The first-order chi connectivity index (χ1) is 11.2. The molecule has 24 heavy (non-hydrogen) atoms. The molecule has 0 N–H and O–H groups in total. The molecule has 1 atom stereocenters. The second-order valence-corrected chi connectivity index (χ2v) is 6.11. The molecule has 2 rings (SSSR count). The van der Waals surface area contributed by atoms with Gasteiger partial charge in [-0.05, 0) is 42.7 Å². The van der Waals surface area contributed by atoms with E-state index in [4.69, 9.17) is 14.2 Å². The van der Waals surface area contributed by atoms with Crippen molar-refractivity contribution in [3.63, 3.8) is 0 Å². The third-order valence-corrected chi connectivity index (χ3v) is 3.62. The summed E-state index contributed by atoms with van der Waals surface area (Å²) in [7, 11) is 0. The van der Waals surface area contributed by atoms with Crippen molar-refractivity contribution < 1.29 is 28.2 Å². The molecule has 0 radical (unpaired) electrons. The summed E-state index contributed by atoms with van der Waals surface area (Å²) in [6.45, 7) is 7.01. The maximum Gasteiger partial charge on any atom is 0.348 e. The minimum Gasteiger partial charge on any atom is -0.419 e. The molecule has 1 aliphatic rings. The Kier molecular flexibility index (Phi) is 5.39. The molecular weight excluding hydrogens is 315 g/mol. The normalized spacial score (nSPS) is 18.0. The van der Waals surface area contributed by atoms with Crippen LogP contribution in [0.5, 0.6) is 0 Å². The molecule has 0 aliphatic carbocycles. The van der Waals surface area contributed by atoms with E-state index in [1.54, 1.807) is 0 Å². The van der Waals surface area contributed by atoms with Crippen LogP contribution < -0.4 is 0 Å². The highest BCUT2D eigenvalue weighted by Crippen LogP contribution is 2.25. The van der Waals surface area contributed by atoms with Crippen LogP contribution in [0.3, 0.4) is 0 Å². The van der Waals surface area contributed by atoms with Crippen molar-refractivity contribution in [2.75, 3.05) is 0 Å². The van der Waals surface area contributed by atoms with E-state index in [0.29, 0.717) is 11.1 Å². The number of benzene rings is 1. The Bertz CT molecular complexity index is 656. The zero-order valence-electron chi connectivity index (χ0n) is 14.2. The molecule has 0 amide bonds. The van der Waals surface area contributed by atoms with Gasteiger partial charge >= 0.3 is 11.9 Å². The van der Waals surface area contributed by atoms with Crippen LogP contribution >= 0.6 is 0 Å². The summed E-state index contributed by atoms with van der Waals surface area (Å²) in [6.07, 6.45) is 2.17. The first kappa shape index (κ1) is 18.1. The topological polar surface area (TPSA) is 61.8 Å². The molecule has 6 heteroatoms. The van der Waals surface area contributed by atoms with Crippen LogP contribution in [-0.4, -0.2) is 23.8 Å². The van der Waals surface area contributed by atoms with E-state index in [1.807, 2.05) is 13.8 Å². The molecule has 1 saturated heterocycles. The van der Waals surface area contributed by atoms with Gasteiger partial charge in [-0.3, -0.25) is 0 Å². The van der Waals surface area contributed by atoms with Gasteiger partial charge in [-0.2, -0.15) is 0 Å². The summed E-state index contributed by atoms with van der Waals surface area (Å²) in [6, 6.07) is 4.05. The lowest BCUT2D eigenvalue weighted by Gasteiger charge is -2.29. The van der Waals surface area contributed by atoms with E-state index in [2.05, 4.69) is 0 Å². The fourth-order valence-electron chi connectivity index (χ4n) is 2.12. The highest BCUT2D eigenvalue weighted by molar-refractivity contribution is 6.18. The molecule has 0 spiro atoms. The average Bonchev–Trinajstić information content (AvgIpc) is 2.49. The Labute approximate surface area is 140 Å². The third-order valence-electron chi connectivity index (χ3n) is 3.62. The maximum absolute atomic E-state index is 13.5. The van der Waals surface area contributed by atoms with Gasteiger partial charge in [0.1, 0.15) is 11.4 Å². The van der Waals surface area contributed by atoms with Gasteiger partial charge in [0.2, 0.25) is 0 Å². The second kappa shape index (κ2) is 7.13. The number of hydrogen-bond donors (Lipinski definition) is 0. The SMILES string of the molecule is CCC(C)OCc1cc(F)ccc1C=C1C(=O)OC(C)(C)OC1=O. The lowest BCUT2D eigenvalue weighted by molar-refractivity contribution is -0.222. The number of ether oxygens (including phenoxy) is 3. The predicted octanol–water partition coefficient (Wildman–Crippen LogP) is 3.36. The van der Waals surface area contributed by atoms with Crippen LogP contribution in [-0.2, 0) is 30.4 Å². The van der Waals surface area contributed by atoms with Crippen LogP contribution in [0.15, 0.2) is 23.8 Å². The minimum absolute atomic E-state index is 0.0131. The van der Waals surface area contributed by atoms with Crippen LogP contribution in [0.25, 0.3) is 6.08 Å². The Balaban J connectivity index is 2.31. The van der Waals surface area contributed by atoms with Crippen molar-refractivity contribution in [2.24, 2.45) is 0 Å². The lowest BCUT2D eigenvalue weighted by Crippen LogP contribution is -2.41. The Morgan fingerprint density at radius 3 is 2.46 bits per heavy atom. The molecule has 1 unspecified atom stereocenters. The van der Waals surface area contributed by atoms with Crippen LogP contribution in [0.4, 0.5) is 4.39 Å². The number of carbonyl (C=O) groups is 2. The fourth-order valence-corrected chi connectivity index (χ4v) is 2.12. The van der Waals surface area contributed by atoms with Crippen molar-refractivity contribution in [1.29, 1.82) is 0 Å². The van der Waals surface area contributed by atoms with Crippen LogP contribution in [0.2, 0.25) is 0 Å². The van der Waals surface area contributed by atoms with E-state index in [9.17, 15) is 14.0 Å². The number of halogens is 1. The summed E-state index contributed by atoms with van der Waals surface area (Å²) < 4.78 is 29.3. The van der Waals surface area contributed by atoms with Crippen LogP contribution in [0.1, 0.15) is 45.2 Å². The number of carbonyl (C=O) groups excluding carboxylic acids is 2. The quantitative estimate of drug-likeness (QED) is 0.469. The van der Waals surface area contributed by atoms with Crippen LogP contribution in [0, 0.1) is 5.82 Å². The first-order valence-electron chi connectivity index (χ1n) is 7.80. The molecular formula is C18H21FO5. The van der Waals surface area contributed by atoms with Gasteiger partial charge in [0, 0.05) is 13.8 Å². The molecule has 5 nitrogen and oxygen atoms in total. The average molecular weight is 336 g/mol. The molecule has 1 aromatic carbocycles. The molecule has 0 saturated carbocycles. The second-order valence-electron chi connectivity index (χ2n) is 6.11. The van der Waals surface area contributed by atoms with E-state index in [-0.39, 0.29) is 18.3 Å². The number of hydrogen-bond acceptors (Lipinski definition) is 5. The number of rotatable bonds is 5. The standard InChI is InChI=1S/C18H21FO5/c1-5-11(2)22-10-13-8-14(19)7-6-12(13)9-15-16(20)23-18(3,4)24-17(15)21/h6-9,11H,5,10H2,1-4H3. The third kappa shape index (κ3) is 4.41. The molecule has 1 heterocycles. The zero-order chi connectivity index (χ0) is 17.9. The van der Waals surface area contributed by atoms with Gasteiger partial charge in [0.25, 0.3) is 5.79 Å². The van der Waals surface area contributed by atoms with Gasteiger partial charge in [-0.25, -0.2) is 14.0 Å². The number of cyclic esters (lactones) is 2. The van der Waals surface area contributed by atoms with E-state index in [0.717, 1.165) is 6.42 Å². The van der Waals surface area contributed by atoms with E-state index >= 15 is 0 Å². The van der Waals surface area contributed by atoms with E-state index in [1.165, 1.54) is 38.1 Å². The fraction of sp³-hybridized carbons (Fsp3) is 0.444. The van der Waals surface area contributed by atoms with Gasteiger partial charge in [0.05, 0.1) is 12.7 Å². The van der Waals surface area contributed by atoms with Gasteiger partial charge in [0.15, 0.2) is 0 Å². The van der Waals surface area contributed by atoms with Gasteiger partial charge < -0.3 is 14.2 Å². The van der Waals surface area contributed by atoms with Crippen molar-refractivity contribution in [3.05, 3.63) is 40.7 Å². The number of esters is 2. The molecule has 1 aromatic rings. The predicted molar refractivity (Wildman–Crippen MR) is 85.2 cm³/mol. The molecule has 1 aliphatic heterocycles. The summed E-state index contributed by atoms with van der Waals surface area (Å²) in [5.41, 5.74) is 0.808. The van der Waals surface area contributed by atoms with Crippen molar-refractivity contribution in [1.82, 2.24) is 0 Å². The highest BCUT2D eigenvalue weighted by Gasteiger charge is 2.38. The van der Waals surface area contributed by atoms with Gasteiger partial charge in [-0.15, -0.1) is 0 Å². The Morgan fingerprint density at radius 1 is 1.25 bits per heavy atom. The first-order valence-corrected chi connectivity index (χ1v) is 7.80. The summed E-state index contributed by atoms with van der Waals surface area (Å²) in [5, 5.41) is 0. The lowest BCUT2D eigenvalue weighted by atomic mass is 10.0. The molecule has 0 bridgehead atoms. The molecule has 0 aromatic heterocycles. The summed E-state index contributed by atoms with van der Waals surface area (Å²) in [4.78, 5) is 24.0. The summed E-state index contributed by atoms with van der Waals surface area (Å²) >= 11 is 0. The van der Waals surface area contributed by atoms with Crippen molar-refractivity contribution >= 4 is 18.0 Å². The monoisotopic (exact) mass is 336 g/mol. The highest BCUT2D eigenvalue weighted by atomic mass is 19.1. The summed E-state index contributed by atoms with van der Waals surface area (Å²) in [5.74, 6) is -3.25. The minimum atomic E-state index is -1.29. The largest absolute Gasteiger partial charge is 0.419 e. The smallest absolute Gasteiger partial charge is 0.348 e. The molecule has 1 fully saturated rings.